The number of hydrogen-bond donors (Lipinski definition) is 1. The van der Waals surface area contributed by atoms with Crippen molar-refractivity contribution in [3.05, 3.63) is 52.4 Å². The molecule has 0 bridgehead atoms. The lowest BCUT2D eigenvalue weighted by Crippen LogP contribution is -2.40. The molecule has 4 rings (SSSR count). The molecular formula is C22H26N2O6S2. The molecule has 1 aromatic carbocycles. The van der Waals surface area contributed by atoms with Crippen LogP contribution in [0.4, 0.5) is 0 Å². The lowest BCUT2D eigenvalue weighted by Gasteiger charge is -2.26. The third-order valence-electron chi connectivity index (χ3n) is 5.59. The number of sulfonamides is 1. The van der Waals surface area contributed by atoms with Gasteiger partial charge in [0.25, 0.3) is 15.9 Å². The predicted octanol–water partition coefficient (Wildman–Crippen LogP) is 2.05. The first-order valence-corrected chi connectivity index (χ1v) is 12.9. The Morgan fingerprint density at radius 1 is 1.16 bits per heavy atom. The average molecular weight is 479 g/mol. The zero-order valence-corrected chi connectivity index (χ0v) is 19.3. The standard InChI is InChI=1S/C22H26N2O6S2/c25-20(23-19-7-3-5-16-4-1-2-6-18(16)19)15-30-21(26)14-17-8-9-22(31-17)32(27,28)24-10-12-29-13-11-24/h1-2,4,6,8-9,19H,3,5,7,10-15H2,(H,23,25)/t19-/m0/s1. The van der Waals surface area contributed by atoms with E-state index in [2.05, 4.69) is 11.4 Å². The summed E-state index contributed by atoms with van der Waals surface area (Å²) in [5.74, 6) is -0.914. The molecule has 0 radical (unpaired) electrons. The van der Waals surface area contributed by atoms with Crippen molar-refractivity contribution in [3.63, 3.8) is 0 Å². The number of amides is 1. The van der Waals surface area contributed by atoms with E-state index in [0.29, 0.717) is 31.2 Å². The summed E-state index contributed by atoms with van der Waals surface area (Å²) in [4.78, 5) is 25.1. The van der Waals surface area contributed by atoms with Crippen molar-refractivity contribution in [2.24, 2.45) is 0 Å². The lowest BCUT2D eigenvalue weighted by molar-refractivity contribution is -0.148. The van der Waals surface area contributed by atoms with Gasteiger partial charge in [0.2, 0.25) is 0 Å². The van der Waals surface area contributed by atoms with Gasteiger partial charge in [0.15, 0.2) is 6.61 Å². The van der Waals surface area contributed by atoms with E-state index in [4.69, 9.17) is 9.47 Å². The van der Waals surface area contributed by atoms with Crippen LogP contribution in [0.2, 0.25) is 0 Å². The van der Waals surface area contributed by atoms with E-state index in [1.165, 1.54) is 15.9 Å². The summed E-state index contributed by atoms with van der Waals surface area (Å²) in [6.07, 6.45) is 2.77. The number of rotatable bonds is 7. The highest BCUT2D eigenvalue weighted by Gasteiger charge is 2.28. The number of benzene rings is 1. The fraction of sp³-hybridized carbons (Fsp3) is 0.455. The fourth-order valence-corrected chi connectivity index (χ4v) is 6.89. The van der Waals surface area contributed by atoms with Crippen LogP contribution in [-0.4, -0.2) is 57.5 Å². The monoisotopic (exact) mass is 478 g/mol. The van der Waals surface area contributed by atoms with Crippen molar-refractivity contribution < 1.29 is 27.5 Å². The quantitative estimate of drug-likeness (QED) is 0.611. The zero-order chi connectivity index (χ0) is 22.6. The Morgan fingerprint density at radius 3 is 2.75 bits per heavy atom. The molecule has 1 N–H and O–H groups in total. The Kier molecular flexibility index (Phi) is 7.24. The molecule has 2 heterocycles. The van der Waals surface area contributed by atoms with E-state index in [-0.39, 0.29) is 29.2 Å². The molecule has 1 atom stereocenters. The zero-order valence-electron chi connectivity index (χ0n) is 17.6. The average Bonchev–Trinajstić information content (AvgIpc) is 3.28. The minimum atomic E-state index is -3.59. The van der Waals surface area contributed by atoms with Crippen LogP contribution in [0.25, 0.3) is 0 Å². The SMILES string of the molecule is O=C(COC(=O)Cc1ccc(S(=O)(=O)N2CCOCC2)s1)N[C@H]1CCCc2ccccc21. The first-order chi connectivity index (χ1) is 15.4. The van der Waals surface area contributed by atoms with E-state index in [9.17, 15) is 18.0 Å². The molecule has 10 heteroatoms. The van der Waals surface area contributed by atoms with Crippen molar-refractivity contribution in [1.82, 2.24) is 9.62 Å². The number of esters is 1. The van der Waals surface area contributed by atoms with E-state index < -0.39 is 16.0 Å². The predicted molar refractivity (Wildman–Crippen MR) is 119 cm³/mol. The number of hydrogen-bond acceptors (Lipinski definition) is 7. The van der Waals surface area contributed by atoms with Gasteiger partial charge in [-0.25, -0.2) is 8.42 Å². The molecule has 1 saturated heterocycles. The van der Waals surface area contributed by atoms with Crippen LogP contribution in [0.3, 0.4) is 0 Å². The molecule has 0 saturated carbocycles. The molecule has 1 fully saturated rings. The second-order valence-electron chi connectivity index (χ2n) is 7.79. The molecular weight excluding hydrogens is 452 g/mol. The molecule has 2 aromatic rings. The number of carbonyl (C=O) groups excluding carboxylic acids is 2. The maximum atomic E-state index is 12.7. The highest BCUT2D eigenvalue weighted by molar-refractivity contribution is 7.91. The molecule has 1 amide bonds. The summed E-state index contributed by atoms with van der Waals surface area (Å²) >= 11 is 1.04. The number of carbonyl (C=O) groups is 2. The molecule has 8 nitrogen and oxygen atoms in total. The number of nitrogens with zero attached hydrogens (tertiary/aromatic N) is 1. The smallest absolute Gasteiger partial charge is 0.311 e. The number of nitrogens with one attached hydrogen (secondary N) is 1. The second-order valence-corrected chi connectivity index (χ2v) is 11.1. The molecule has 1 aliphatic carbocycles. The summed E-state index contributed by atoms with van der Waals surface area (Å²) in [7, 11) is -3.59. The number of aryl methyl sites for hydroxylation is 1. The normalized spacial score (nSPS) is 19.2. The van der Waals surface area contributed by atoms with E-state index in [1.807, 2.05) is 18.2 Å². The molecule has 2 aliphatic rings. The van der Waals surface area contributed by atoms with Gasteiger partial charge in [-0.1, -0.05) is 24.3 Å². The van der Waals surface area contributed by atoms with Gasteiger partial charge in [0.05, 0.1) is 25.7 Å². The van der Waals surface area contributed by atoms with Crippen molar-refractivity contribution in [2.75, 3.05) is 32.9 Å². The van der Waals surface area contributed by atoms with Crippen LogP contribution in [0.1, 0.15) is 34.9 Å². The molecule has 0 spiro atoms. The van der Waals surface area contributed by atoms with Gasteiger partial charge in [0, 0.05) is 18.0 Å². The van der Waals surface area contributed by atoms with Crippen molar-refractivity contribution in [2.45, 2.75) is 35.9 Å². The summed E-state index contributed by atoms with van der Waals surface area (Å²) in [6, 6.07) is 11.1. The molecule has 0 unspecified atom stereocenters. The Balaban J connectivity index is 1.27. The summed E-state index contributed by atoms with van der Waals surface area (Å²) in [6.45, 7) is 1.02. The maximum absolute atomic E-state index is 12.7. The lowest BCUT2D eigenvalue weighted by atomic mass is 9.88. The maximum Gasteiger partial charge on any atom is 0.311 e. The highest BCUT2D eigenvalue weighted by atomic mass is 32.2. The van der Waals surface area contributed by atoms with Gasteiger partial charge in [-0.15, -0.1) is 11.3 Å². The largest absolute Gasteiger partial charge is 0.455 e. The van der Waals surface area contributed by atoms with Gasteiger partial charge >= 0.3 is 5.97 Å². The Morgan fingerprint density at radius 2 is 1.94 bits per heavy atom. The summed E-state index contributed by atoms with van der Waals surface area (Å²) < 4.78 is 37.3. The van der Waals surface area contributed by atoms with E-state index in [1.54, 1.807) is 6.07 Å². The van der Waals surface area contributed by atoms with Gasteiger partial charge in [-0.05, 0) is 42.5 Å². The third kappa shape index (κ3) is 5.37. The Bertz CT molecular complexity index is 1080. The summed E-state index contributed by atoms with van der Waals surface area (Å²) in [5.41, 5.74) is 2.35. The number of thiophene rings is 1. The summed E-state index contributed by atoms with van der Waals surface area (Å²) in [5, 5.41) is 2.95. The molecule has 32 heavy (non-hydrogen) atoms. The Hall–Kier alpha value is -2.27. The number of morpholine rings is 1. The van der Waals surface area contributed by atoms with E-state index >= 15 is 0 Å². The van der Waals surface area contributed by atoms with Crippen molar-refractivity contribution in [3.8, 4) is 0 Å². The molecule has 1 aromatic heterocycles. The van der Waals surface area contributed by atoms with Crippen molar-refractivity contribution >= 4 is 33.2 Å². The van der Waals surface area contributed by atoms with Crippen LogP contribution in [-0.2, 0) is 41.9 Å². The topological polar surface area (TPSA) is 102 Å². The van der Waals surface area contributed by atoms with Crippen LogP contribution in [0.5, 0.6) is 0 Å². The number of fused-ring (bicyclic) bond motifs is 1. The minimum Gasteiger partial charge on any atom is -0.455 e. The van der Waals surface area contributed by atoms with Crippen LogP contribution in [0, 0.1) is 0 Å². The Labute approximate surface area is 191 Å². The minimum absolute atomic E-state index is 0.0728. The van der Waals surface area contributed by atoms with Crippen LogP contribution >= 0.6 is 11.3 Å². The van der Waals surface area contributed by atoms with Crippen LogP contribution < -0.4 is 5.32 Å². The van der Waals surface area contributed by atoms with E-state index in [0.717, 1.165) is 36.2 Å². The van der Waals surface area contributed by atoms with Gasteiger partial charge < -0.3 is 14.8 Å². The van der Waals surface area contributed by atoms with Crippen LogP contribution in [0.15, 0.2) is 40.6 Å². The molecule has 1 aliphatic heterocycles. The van der Waals surface area contributed by atoms with Gasteiger partial charge in [-0.3, -0.25) is 9.59 Å². The van der Waals surface area contributed by atoms with Gasteiger partial charge in [-0.2, -0.15) is 4.31 Å². The first-order valence-electron chi connectivity index (χ1n) is 10.6. The highest BCUT2D eigenvalue weighted by Crippen LogP contribution is 2.29. The fourth-order valence-electron chi connectivity index (χ4n) is 3.99. The second kappa shape index (κ2) is 10.1. The third-order valence-corrected chi connectivity index (χ3v) is 9.04. The molecule has 172 valence electrons. The van der Waals surface area contributed by atoms with Gasteiger partial charge in [0.1, 0.15) is 4.21 Å². The number of ether oxygens (including phenoxy) is 2. The van der Waals surface area contributed by atoms with Crippen molar-refractivity contribution in [1.29, 1.82) is 0 Å². The first kappa shape index (κ1) is 22.9.